The maximum atomic E-state index is 12.4. The number of ether oxygens (including phenoxy) is 1. The van der Waals surface area contributed by atoms with Crippen molar-refractivity contribution in [2.75, 3.05) is 6.61 Å². The lowest BCUT2D eigenvalue weighted by atomic mass is 10.1. The molecule has 2 heterocycles. The topological polar surface area (TPSA) is 44.1 Å². The van der Waals surface area contributed by atoms with E-state index in [2.05, 4.69) is 9.55 Å². The van der Waals surface area contributed by atoms with Crippen molar-refractivity contribution in [2.45, 2.75) is 32.7 Å². The molecule has 5 heteroatoms. The first-order chi connectivity index (χ1) is 10.1. The summed E-state index contributed by atoms with van der Waals surface area (Å²) in [5.41, 5.74) is 2.90. The summed E-state index contributed by atoms with van der Waals surface area (Å²) < 4.78 is 7.73. The van der Waals surface area contributed by atoms with Gasteiger partial charge in [-0.25, -0.2) is 4.98 Å². The van der Waals surface area contributed by atoms with Gasteiger partial charge >= 0.3 is 0 Å². The summed E-state index contributed by atoms with van der Waals surface area (Å²) in [5, 5.41) is 0.272. The zero-order valence-corrected chi connectivity index (χ0v) is 12.9. The maximum Gasteiger partial charge on any atom is 0.202 e. The molecule has 0 aromatic carbocycles. The molecule has 1 saturated carbocycles. The summed E-state index contributed by atoms with van der Waals surface area (Å²) in [6, 6.07) is 5.95. The molecule has 0 amide bonds. The van der Waals surface area contributed by atoms with Crippen LogP contribution in [0.4, 0.5) is 0 Å². The number of aromatic nitrogens is 2. The van der Waals surface area contributed by atoms with Crippen LogP contribution in [0.15, 0.2) is 24.4 Å². The number of halogens is 1. The first kappa shape index (κ1) is 14.1. The minimum atomic E-state index is -0.0325. The molecule has 1 fully saturated rings. The van der Waals surface area contributed by atoms with E-state index < -0.39 is 0 Å². The van der Waals surface area contributed by atoms with E-state index in [0.717, 1.165) is 17.0 Å². The van der Waals surface area contributed by atoms with Crippen LogP contribution < -0.4 is 4.74 Å². The van der Waals surface area contributed by atoms with Gasteiger partial charge in [-0.3, -0.25) is 4.79 Å². The van der Waals surface area contributed by atoms with Gasteiger partial charge < -0.3 is 9.30 Å². The molecule has 2 aromatic heterocycles. The molecule has 0 unspecified atom stereocenters. The van der Waals surface area contributed by atoms with Crippen molar-refractivity contribution >= 4 is 17.4 Å². The van der Waals surface area contributed by atoms with Crippen molar-refractivity contribution in [3.05, 3.63) is 46.5 Å². The Morgan fingerprint density at radius 2 is 2.24 bits per heavy atom. The maximum absolute atomic E-state index is 12.4. The lowest BCUT2D eigenvalue weighted by Gasteiger charge is -2.08. The first-order valence-corrected chi connectivity index (χ1v) is 7.40. The highest BCUT2D eigenvalue weighted by Crippen LogP contribution is 2.38. The molecular formula is C16H17ClN2O2. The van der Waals surface area contributed by atoms with E-state index in [9.17, 15) is 4.79 Å². The minimum Gasteiger partial charge on any atom is -0.482 e. The smallest absolute Gasteiger partial charge is 0.202 e. The predicted molar refractivity (Wildman–Crippen MR) is 81.2 cm³/mol. The van der Waals surface area contributed by atoms with Crippen LogP contribution in [0.2, 0.25) is 5.15 Å². The number of pyridine rings is 1. The number of carbonyl (C=O) groups is 1. The van der Waals surface area contributed by atoms with E-state index in [1.54, 1.807) is 18.3 Å². The first-order valence-electron chi connectivity index (χ1n) is 7.03. The van der Waals surface area contributed by atoms with Crippen molar-refractivity contribution in [1.29, 1.82) is 0 Å². The third-order valence-corrected chi connectivity index (χ3v) is 4.06. The van der Waals surface area contributed by atoms with Crippen molar-refractivity contribution in [3.8, 4) is 5.75 Å². The van der Waals surface area contributed by atoms with Crippen LogP contribution in [0.1, 0.15) is 40.6 Å². The lowest BCUT2D eigenvalue weighted by Crippen LogP contribution is -2.13. The Labute approximate surface area is 128 Å². The largest absolute Gasteiger partial charge is 0.482 e. The fraction of sp³-hybridized carbons (Fsp3) is 0.375. The van der Waals surface area contributed by atoms with Gasteiger partial charge in [0.25, 0.3) is 0 Å². The average molecular weight is 305 g/mol. The number of carbonyl (C=O) groups excluding carboxylic acids is 1. The SMILES string of the molecule is Cc1cc(C(=O)COc2cccnc2Cl)c(C)n1C1CC1. The van der Waals surface area contributed by atoms with Gasteiger partial charge in [0.1, 0.15) is 0 Å². The van der Waals surface area contributed by atoms with Gasteiger partial charge in [0, 0.05) is 29.2 Å². The lowest BCUT2D eigenvalue weighted by molar-refractivity contribution is 0.0920. The van der Waals surface area contributed by atoms with Gasteiger partial charge in [0.2, 0.25) is 5.78 Å². The number of hydrogen-bond donors (Lipinski definition) is 0. The second kappa shape index (κ2) is 5.53. The van der Waals surface area contributed by atoms with Gasteiger partial charge in [-0.05, 0) is 44.9 Å². The van der Waals surface area contributed by atoms with Crippen molar-refractivity contribution in [2.24, 2.45) is 0 Å². The van der Waals surface area contributed by atoms with E-state index >= 15 is 0 Å². The number of ketones is 1. The van der Waals surface area contributed by atoms with Gasteiger partial charge in [0.05, 0.1) is 0 Å². The molecule has 3 rings (SSSR count). The molecule has 0 radical (unpaired) electrons. The van der Waals surface area contributed by atoms with E-state index in [-0.39, 0.29) is 17.5 Å². The van der Waals surface area contributed by atoms with Crippen LogP contribution in [0.5, 0.6) is 5.75 Å². The van der Waals surface area contributed by atoms with Crippen molar-refractivity contribution in [3.63, 3.8) is 0 Å². The number of nitrogens with zero attached hydrogens (tertiary/aromatic N) is 2. The molecule has 21 heavy (non-hydrogen) atoms. The number of aryl methyl sites for hydroxylation is 1. The second-order valence-electron chi connectivity index (χ2n) is 5.39. The Balaban J connectivity index is 1.74. The summed E-state index contributed by atoms with van der Waals surface area (Å²) in [5.74, 6) is 0.401. The molecule has 0 bridgehead atoms. The molecule has 0 spiro atoms. The van der Waals surface area contributed by atoms with Crippen LogP contribution in [0, 0.1) is 13.8 Å². The van der Waals surface area contributed by atoms with Crippen molar-refractivity contribution in [1.82, 2.24) is 9.55 Å². The predicted octanol–water partition coefficient (Wildman–Crippen LogP) is 3.75. The highest BCUT2D eigenvalue weighted by molar-refractivity contribution is 6.30. The molecule has 0 atom stereocenters. The fourth-order valence-corrected chi connectivity index (χ4v) is 2.83. The molecule has 0 saturated heterocycles. The Hall–Kier alpha value is -1.81. The summed E-state index contributed by atoms with van der Waals surface area (Å²) in [6.45, 7) is 4.01. The van der Waals surface area contributed by atoms with E-state index in [1.165, 1.54) is 12.8 Å². The molecular weight excluding hydrogens is 288 g/mol. The van der Waals surface area contributed by atoms with Gasteiger partial charge in [-0.2, -0.15) is 0 Å². The highest BCUT2D eigenvalue weighted by atomic mass is 35.5. The summed E-state index contributed by atoms with van der Waals surface area (Å²) >= 11 is 5.91. The average Bonchev–Trinajstić information content (AvgIpc) is 3.24. The van der Waals surface area contributed by atoms with Gasteiger partial charge in [-0.1, -0.05) is 11.6 Å². The van der Waals surface area contributed by atoms with E-state index in [1.807, 2.05) is 19.9 Å². The van der Waals surface area contributed by atoms with Gasteiger partial charge in [-0.15, -0.1) is 0 Å². The number of Topliss-reactive ketones (excluding diaryl/α,β-unsaturated/α-hetero) is 1. The Kier molecular flexibility index (Phi) is 3.72. The van der Waals surface area contributed by atoms with Crippen LogP contribution in [0.25, 0.3) is 0 Å². The fourth-order valence-electron chi connectivity index (χ4n) is 2.65. The number of hydrogen-bond acceptors (Lipinski definition) is 3. The standard InChI is InChI=1S/C16H17ClN2O2/c1-10-8-13(11(2)19(10)12-5-6-12)14(20)9-21-15-4-3-7-18-16(15)17/h3-4,7-8,12H,5-6,9H2,1-2H3. The van der Waals surface area contributed by atoms with E-state index in [4.69, 9.17) is 16.3 Å². The van der Waals surface area contributed by atoms with Crippen molar-refractivity contribution < 1.29 is 9.53 Å². The second-order valence-corrected chi connectivity index (χ2v) is 5.75. The van der Waals surface area contributed by atoms with Crippen LogP contribution >= 0.6 is 11.6 Å². The summed E-state index contributed by atoms with van der Waals surface area (Å²) in [4.78, 5) is 16.3. The Morgan fingerprint density at radius 1 is 1.48 bits per heavy atom. The normalized spacial score (nSPS) is 14.2. The highest BCUT2D eigenvalue weighted by Gasteiger charge is 2.28. The monoisotopic (exact) mass is 304 g/mol. The molecule has 0 N–H and O–H groups in total. The molecule has 110 valence electrons. The molecule has 2 aromatic rings. The minimum absolute atomic E-state index is 0.0274. The zero-order chi connectivity index (χ0) is 15.0. The van der Waals surface area contributed by atoms with E-state index in [0.29, 0.717) is 11.8 Å². The molecule has 1 aliphatic carbocycles. The summed E-state index contributed by atoms with van der Waals surface area (Å²) in [7, 11) is 0. The molecule has 4 nitrogen and oxygen atoms in total. The van der Waals surface area contributed by atoms with Gasteiger partial charge in [0.15, 0.2) is 17.5 Å². The van der Waals surface area contributed by atoms with Crippen LogP contribution in [-0.4, -0.2) is 21.9 Å². The third-order valence-electron chi connectivity index (χ3n) is 3.78. The number of rotatable bonds is 5. The Bertz CT molecular complexity index is 690. The van der Waals surface area contributed by atoms with Crippen LogP contribution in [0.3, 0.4) is 0 Å². The summed E-state index contributed by atoms with van der Waals surface area (Å²) in [6.07, 6.45) is 3.98. The quantitative estimate of drug-likeness (QED) is 0.624. The molecule has 1 aliphatic rings. The van der Waals surface area contributed by atoms with Crippen LogP contribution in [-0.2, 0) is 0 Å². The third kappa shape index (κ3) is 2.81. The zero-order valence-electron chi connectivity index (χ0n) is 12.1. The Morgan fingerprint density at radius 3 is 2.90 bits per heavy atom. The molecule has 0 aliphatic heterocycles.